The lowest BCUT2D eigenvalue weighted by atomic mass is 10.1. The molecule has 0 unspecified atom stereocenters. The van der Waals surface area contributed by atoms with E-state index in [9.17, 15) is 9.59 Å². The molecule has 0 saturated carbocycles. The van der Waals surface area contributed by atoms with E-state index in [-0.39, 0.29) is 17.5 Å². The normalized spacial score (nSPS) is 11.1. The molecule has 0 atom stereocenters. The zero-order chi connectivity index (χ0) is 22.1. The smallest absolute Gasteiger partial charge is 0.267 e. The second kappa shape index (κ2) is 11.0. The lowest BCUT2D eigenvalue weighted by molar-refractivity contribution is -0.117. The van der Waals surface area contributed by atoms with E-state index in [1.54, 1.807) is 56.0 Å². The minimum atomic E-state index is -0.370. The van der Waals surface area contributed by atoms with Crippen LogP contribution in [0.5, 0.6) is 11.5 Å². The molecule has 0 spiro atoms. The molecule has 9 heteroatoms. The van der Waals surface area contributed by atoms with Crippen molar-refractivity contribution in [2.45, 2.75) is 13.0 Å². The molecule has 2 heterocycles. The molecule has 8 nitrogen and oxygen atoms in total. The van der Waals surface area contributed by atoms with Crippen molar-refractivity contribution in [3.63, 3.8) is 0 Å². The Morgan fingerprint density at radius 3 is 2.71 bits per heavy atom. The minimum Gasteiger partial charge on any atom is -0.493 e. The summed E-state index contributed by atoms with van der Waals surface area (Å²) in [6.45, 7) is 1.19. The fourth-order valence-corrected chi connectivity index (χ4v) is 3.46. The van der Waals surface area contributed by atoms with E-state index in [1.807, 2.05) is 16.1 Å². The van der Waals surface area contributed by atoms with Crippen LogP contribution in [0.3, 0.4) is 0 Å². The molecule has 2 N–H and O–H groups in total. The maximum absolute atomic E-state index is 12.8. The van der Waals surface area contributed by atoms with Gasteiger partial charge in [0.15, 0.2) is 11.5 Å². The van der Waals surface area contributed by atoms with E-state index in [1.165, 1.54) is 18.4 Å². The number of ether oxygens (including phenoxy) is 2. The fourth-order valence-electron chi connectivity index (χ4n) is 2.84. The van der Waals surface area contributed by atoms with Crippen LogP contribution in [0.15, 0.2) is 60.1 Å². The number of hydrogen-bond acceptors (Lipinski definition) is 6. The lowest BCUT2D eigenvalue weighted by Crippen LogP contribution is -2.35. The van der Waals surface area contributed by atoms with E-state index in [2.05, 4.69) is 15.6 Å². The van der Waals surface area contributed by atoms with E-state index in [0.29, 0.717) is 28.5 Å². The molecule has 162 valence electrons. The van der Waals surface area contributed by atoms with Crippen LogP contribution in [-0.2, 0) is 11.3 Å². The third-order valence-corrected chi connectivity index (χ3v) is 5.26. The van der Waals surface area contributed by atoms with Gasteiger partial charge in [0.2, 0.25) is 0 Å². The number of rotatable bonds is 10. The summed E-state index contributed by atoms with van der Waals surface area (Å²) in [5.74, 6) is 0.398. The van der Waals surface area contributed by atoms with Crippen LogP contribution in [0.25, 0.3) is 6.08 Å². The van der Waals surface area contributed by atoms with Gasteiger partial charge in [-0.2, -0.15) is 0 Å². The summed E-state index contributed by atoms with van der Waals surface area (Å²) < 4.78 is 12.5. The van der Waals surface area contributed by atoms with Crippen LogP contribution in [0.4, 0.5) is 0 Å². The second-order valence-electron chi connectivity index (χ2n) is 6.51. The van der Waals surface area contributed by atoms with Gasteiger partial charge in [0, 0.05) is 25.5 Å². The van der Waals surface area contributed by atoms with Crippen LogP contribution < -0.4 is 20.1 Å². The zero-order valence-electron chi connectivity index (χ0n) is 17.3. The number of nitrogens with one attached hydrogen (secondary N) is 2. The number of aromatic nitrogens is 2. The lowest BCUT2D eigenvalue weighted by Gasteiger charge is -2.12. The van der Waals surface area contributed by atoms with Gasteiger partial charge in [0.25, 0.3) is 11.8 Å². The molecule has 0 aliphatic carbocycles. The van der Waals surface area contributed by atoms with E-state index >= 15 is 0 Å². The number of amides is 2. The van der Waals surface area contributed by atoms with Crippen molar-refractivity contribution in [2.75, 3.05) is 20.8 Å². The maximum Gasteiger partial charge on any atom is 0.267 e. The van der Waals surface area contributed by atoms with Crippen molar-refractivity contribution < 1.29 is 19.1 Å². The van der Waals surface area contributed by atoms with Gasteiger partial charge in [-0.1, -0.05) is 12.1 Å². The van der Waals surface area contributed by atoms with Gasteiger partial charge in [-0.25, -0.2) is 4.98 Å². The zero-order valence-corrected chi connectivity index (χ0v) is 18.1. The summed E-state index contributed by atoms with van der Waals surface area (Å²) in [7, 11) is 3.09. The van der Waals surface area contributed by atoms with Gasteiger partial charge >= 0.3 is 0 Å². The highest BCUT2D eigenvalue weighted by molar-refractivity contribution is 7.12. The molecule has 2 aromatic heterocycles. The molecule has 0 aliphatic rings. The number of hydrogen-bond donors (Lipinski definition) is 2. The Labute approximate surface area is 184 Å². The molecule has 1 aromatic carbocycles. The Kier molecular flexibility index (Phi) is 7.83. The van der Waals surface area contributed by atoms with Crippen molar-refractivity contribution >= 4 is 29.2 Å². The van der Waals surface area contributed by atoms with Crippen molar-refractivity contribution in [1.29, 1.82) is 0 Å². The quantitative estimate of drug-likeness (QED) is 0.373. The van der Waals surface area contributed by atoms with E-state index in [4.69, 9.17) is 9.47 Å². The number of methoxy groups -OCH3 is 2. The fraction of sp³-hybridized carbons (Fsp3) is 0.227. The molecule has 2 amide bonds. The van der Waals surface area contributed by atoms with E-state index in [0.717, 1.165) is 13.0 Å². The van der Waals surface area contributed by atoms with Crippen molar-refractivity contribution in [2.24, 2.45) is 0 Å². The first-order valence-corrected chi connectivity index (χ1v) is 10.5. The Morgan fingerprint density at radius 2 is 2.03 bits per heavy atom. The topological polar surface area (TPSA) is 94.5 Å². The Hall–Kier alpha value is -3.59. The third kappa shape index (κ3) is 6.19. The largest absolute Gasteiger partial charge is 0.493 e. The van der Waals surface area contributed by atoms with Gasteiger partial charge < -0.3 is 24.7 Å². The minimum absolute atomic E-state index is 0.147. The van der Waals surface area contributed by atoms with Crippen LogP contribution >= 0.6 is 11.3 Å². The second-order valence-corrected chi connectivity index (χ2v) is 7.46. The molecule has 3 rings (SSSR count). The molecule has 31 heavy (non-hydrogen) atoms. The van der Waals surface area contributed by atoms with Gasteiger partial charge in [0.05, 0.1) is 25.4 Å². The highest BCUT2D eigenvalue weighted by atomic mass is 32.1. The first kappa shape index (κ1) is 22.1. The molecular weight excluding hydrogens is 416 g/mol. The molecule has 0 radical (unpaired) electrons. The highest BCUT2D eigenvalue weighted by Crippen LogP contribution is 2.28. The average molecular weight is 441 g/mol. The number of nitrogens with zero attached hydrogens (tertiary/aromatic N) is 2. The summed E-state index contributed by atoms with van der Waals surface area (Å²) in [5, 5.41) is 7.39. The molecule has 3 aromatic rings. The molecule has 0 aliphatic heterocycles. The van der Waals surface area contributed by atoms with Gasteiger partial charge in [0.1, 0.15) is 5.70 Å². The van der Waals surface area contributed by atoms with Crippen molar-refractivity contribution in [1.82, 2.24) is 20.2 Å². The molecule has 0 saturated heterocycles. The Bertz CT molecular complexity index is 1030. The standard InChI is InChI=1S/C22H24N4O4S/c1-29-18-7-6-16(14-19(18)30-2)13-17(25-22(28)20-5-3-12-31-20)21(27)24-8-4-10-26-11-9-23-15-26/h3,5-7,9,11-15H,4,8,10H2,1-2H3,(H,24,27)(H,25,28)/b17-13-. The van der Waals surface area contributed by atoms with Crippen molar-refractivity contribution in [3.05, 3.63) is 70.6 Å². The maximum atomic E-state index is 12.8. The van der Waals surface area contributed by atoms with Gasteiger partial charge in [-0.15, -0.1) is 11.3 Å². The summed E-state index contributed by atoms with van der Waals surface area (Å²) >= 11 is 1.31. The molecule has 0 fully saturated rings. The number of carbonyl (C=O) groups excluding carboxylic acids is 2. The first-order valence-electron chi connectivity index (χ1n) is 9.63. The summed E-state index contributed by atoms with van der Waals surface area (Å²) in [4.78, 5) is 29.9. The van der Waals surface area contributed by atoms with Crippen LogP contribution in [0.2, 0.25) is 0 Å². The van der Waals surface area contributed by atoms with Gasteiger partial charge in [-0.05, 0) is 41.6 Å². The summed E-state index contributed by atoms with van der Waals surface area (Å²) in [5.41, 5.74) is 0.834. The Morgan fingerprint density at radius 1 is 1.19 bits per heavy atom. The van der Waals surface area contributed by atoms with Crippen LogP contribution in [0.1, 0.15) is 21.7 Å². The molecule has 0 bridgehead atoms. The molecular formula is C22H24N4O4S. The number of aryl methyl sites for hydroxylation is 1. The Balaban J connectivity index is 1.74. The first-order chi connectivity index (χ1) is 15.1. The highest BCUT2D eigenvalue weighted by Gasteiger charge is 2.15. The SMILES string of the molecule is COc1ccc(/C=C(\NC(=O)c2cccs2)C(=O)NCCCn2ccnc2)cc1OC. The summed E-state index contributed by atoms with van der Waals surface area (Å²) in [6.07, 6.45) is 7.64. The number of carbonyl (C=O) groups is 2. The predicted molar refractivity (Wildman–Crippen MR) is 119 cm³/mol. The van der Waals surface area contributed by atoms with Crippen molar-refractivity contribution in [3.8, 4) is 11.5 Å². The van der Waals surface area contributed by atoms with Crippen LogP contribution in [0, 0.1) is 0 Å². The third-order valence-electron chi connectivity index (χ3n) is 4.39. The van der Waals surface area contributed by atoms with Gasteiger partial charge in [-0.3, -0.25) is 9.59 Å². The predicted octanol–water partition coefficient (Wildman–Crippen LogP) is 2.94. The number of imidazole rings is 1. The number of benzene rings is 1. The monoisotopic (exact) mass is 440 g/mol. The number of thiophene rings is 1. The average Bonchev–Trinajstić information content (AvgIpc) is 3.50. The summed E-state index contributed by atoms with van der Waals surface area (Å²) in [6, 6.07) is 8.75. The van der Waals surface area contributed by atoms with Crippen LogP contribution in [-0.4, -0.2) is 42.1 Å². The van der Waals surface area contributed by atoms with E-state index < -0.39 is 0 Å².